The van der Waals surface area contributed by atoms with Crippen LogP contribution in [-0.4, -0.2) is 30.8 Å². The van der Waals surface area contributed by atoms with Gasteiger partial charge in [-0.15, -0.1) is 0 Å². The molecule has 1 aliphatic heterocycles. The molecule has 1 saturated heterocycles. The lowest BCUT2D eigenvalue weighted by molar-refractivity contribution is 0.0517. The molecular formula is C17H16F3NO4. The Morgan fingerprint density at radius 3 is 2.60 bits per heavy atom. The molecule has 0 unspecified atom stereocenters. The summed E-state index contributed by atoms with van der Waals surface area (Å²) in [4.78, 5) is 27.7. The number of halogens is 3. The van der Waals surface area contributed by atoms with Crippen molar-refractivity contribution in [1.82, 2.24) is 4.98 Å². The molecule has 2 aromatic rings. The molecule has 0 atom stereocenters. The molecular weight excluding hydrogens is 339 g/mol. The fourth-order valence-corrected chi connectivity index (χ4v) is 3.07. The van der Waals surface area contributed by atoms with Gasteiger partial charge in [-0.05, 0) is 19.8 Å². The summed E-state index contributed by atoms with van der Waals surface area (Å²) >= 11 is 0. The Bertz CT molecular complexity index is 888. The predicted molar refractivity (Wildman–Crippen MR) is 83.2 cm³/mol. The Labute approximate surface area is 140 Å². The van der Waals surface area contributed by atoms with Gasteiger partial charge in [0.2, 0.25) is 5.43 Å². The van der Waals surface area contributed by atoms with Gasteiger partial charge < -0.3 is 14.5 Å². The van der Waals surface area contributed by atoms with E-state index >= 15 is 0 Å². The van der Waals surface area contributed by atoms with Crippen molar-refractivity contribution >= 4 is 16.9 Å². The van der Waals surface area contributed by atoms with Crippen molar-refractivity contribution in [2.45, 2.75) is 25.7 Å². The molecule has 1 fully saturated rings. The smallest absolute Gasteiger partial charge is 0.343 e. The summed E-state index contributed by atoms with van der Waals surface area (Å²) in [6, 6.07) is 0.715. The fourth-order valence-electron chi connectivity index (χ4n) is 3.07. The van der Waals surface area contributed by atoms with E-state index in [0.29, 0.717) is 32.1 Å². The van der Waals surface area contributed by atoms with Crippen LogP contribution in [-0.2, 0) is 9.47 Å². The molecule has 0 amide bonds. The average molecular weight is 355 g/mol. The van der Waals surface area contributed by atoms with Crippen LogP contribution >= 0.6 is 0 Å². The van der Waals surface area contributed by atoms with Gasteiger partial charge in [-0.1, -0.05) is 0 Å². The van der Waals surface area contributed by atoms with Crippen LogP contribution in [0, 0.1) is 17.5 Å². The molecule has 1 aromatic heterocycles. The summed E-state index contributed by atoms with van der Waals surface area (Å²) < 4.78 is 51.4. The number of rotatable bonds is 3. The second-order valence-electron chi connectivity index (χ2n) is 5.76. The van der Waals surface area contributed by atoms with Gasteiger partial charge in [0.15, 0.2) is 17.5 Å². The Morgan fingerprint density at radius 2 is 1.96 bits per heavy atom. The third-order valence-electron chi connectivity index (χ3n) is 4.26. The van der Waals surface area contributed by atoms with E-state index < -0.39 is 34.2 Å². The van der Waals surface area contributed by atoms with Crippen LogP contribution in [0.15, 0.2) is 10.9 Å². The van der Waals surface area contributed by atoms with E-state index in [1.807, 2.05) is 0 Å². The van der Waals surface area contributed by atoms with Gasteiger partial charge in [0.1, 0.15) is 5.56 Å². The van der Waals surface area contributed by atoms with Crippen molar-refractivity contribution in [3.05, 3.63) is 45.0 Å². The summed E-state index contributed by atoms with van der Waals surface area (Å²) in [5.74, 6) is -5.95. The Balaban J connectivity index is 2.32. The maximum absolute atomic E-state index is 14.1. The number of fused-ring (bicyclic) bond motifs is 1. The number of benzene rings is 1. The molecule has 0 radical (unpaired) electrons. The Hall–Kier alpha value is -2.35. The number of hydrogen-bond acceptors (Lipinski definition) is 4. The molecule has 25 heavy (non-hydrogen) atoms. The lowest BCUT2D eigenvalue weighted by Crippen LogP contribution is -2.26. The molecule has 0 saturated carbocycles. The quantitative estimate of drug-likeness (QED) is 0.679. The molecule has 0 bridgehead atoms. The summed E-state index contributed by atoms with van der Waals surface area (Å²) in [5.41, 5.74) is -1.34. The number of esters is 1. The number of pyridine rings is 1. The first-order valence-corrected chi connectivity index (χ1v) is 7.93. The number of nitrogens with one attached hydrogen (secondary N) is 1. The number of ether oxygens (including phenoxy) is 2. The molecule has 134 valence electrons. The normalized spacial score (nSPS) is 15.5. The third-order valence-corrected chi connectivity index (χ3v) is 4.26. The number of aromatic amines is 1. The molecule has 3 rings (SSSR count). The van der Waals surface area contributed by atoms with Crippen LogP contribution < -0.4 is 5.43 Å². The van der Waals surface area contributed by atoms with E-state index in [9.17, 15) is 22.8 Å². The van der Waals surface area contributed by atoms with Crippen LogP contribution in [0.25, 0.3) is 10.9 Å². The number of H-pyrrole nitrogens is 1. The second-order valence-corrected chi connectivity index (χ2v) is 5.76. The molecule has 1 N–H and O–H groups in total. The zero-order valence-corrected chi connectivity index (χ0v) is 13.5. The van der Waals surface area contributed by atoms with E-state index in [1.54, 1.807) is 6.92 Å². The minimum absolute atomic E-state index is 0.0176. The van der Waals surface area contributed by atoms with Gasteiger partial charge in [0.25, 0.3) is 0 Å². The molecule has 5 nitrogen and oxygen atoms in total. The fraction of sp³-hybridized carbons (Fsp3) is 0.412. The molecule has 2 heterocycles. The highest BCUT2D eigenvalue weighted by atomic mass is 19.2. The summed E-state index contributed by atoms with van der Waals surface area (Å²) in [7, 11) is 0. The van der Waals surface area contributed by atoms with Crippen LogP contribution in [0.3, 0.4) is 0 Å². The zero-order valence-electron chi connectivity index (χ0n) is 13.5. The van der Waals surface area contributed by atoms with Crippen molar-refractivity contribution in [2.75, 3.05) is 19.8 Å². The van der Waals surface area contributed by atoms with Crippen LogP contribution in [0.1, 0.15) is 41.7 Å². The largest absolute Gasteiger partial charge is 0.462 e. The van der Waals surface area contributed by atoms with Crippen molar-refractivity contribution in [3.63, 3.8) is 0 Å². The summed E-state index contributed by atoms with van der Waals surface area (Å²) in [6.45, 7) is 2.44. The van der Waals surface area contributed by atoms with Crippen LogP contribution in [0.5, 0.6) is 0 Å². The number of carbonyl (C=O) groups is 1. The number of hydrogen-bond donors (Lipinski definition) is 1. The minimum atomic E-state index is -1.76. The highest BCUT2D eigenvalue weighted by Gasteiger charge is 2.29. The maximum atomic E-state index is 14.1. The summed E-state index contributed by atoms with van der Waals surface area (Å²) in [5, 5.41) is -0.697. The first-order valence-electron chi connectivity index (χ1n) is 7.93. The summed E-state index contributed by atoms with van der Waals surface area (Å²) in [6.07, 6.45) is 1.06. The highest BCUT2D eigenvalue weighted by Crippen LogP contribution is 2.30. The average Bonchev–Trinajstić information content (AvgIpc) is 2.60. The first-order chi connectivity index (χ1) is 12.0. The van der Waals surface area contributed by atoms with Gasteiger partial charge in [-0.3, -0.25) is 4.79 Å². The molecule has 8 heteroatoms. The van der Waals surface area contributed by atoms with E-state index in [0.717, 1.165) is 0 Å². The van der Waals surface area contributed by atoms with Crippen molar-refractivity contribution < 1.29 is 27.4 Å². The topological polar surface area (TPSA) is 68.4 Å². The molecule has 1 aromatic carbocycles. The van der Waals surface area contributed by atoms with Crippen molar-refractivity contribution in [1.29, 1.82) is 0 Å². The van der Waals surface area contributed by atoms with Crippen LogP contribution in [0.4, 0.5) is 13.2 Å². The Kier molecular flexibility index (Phi) is 4.80. The van der Waals surface area contributed by atoms with E-state index in [4.69, 9.17) is 9.47 Å². The number of carbonyl (C=O) groups excluding carboxylic acids is 1. The van der Waals surface area contributed by atoms with Crippen molar-refractivity contribution in [2.24, 2.45) is 0 Å². The van der Waals surface area contributed by atoms with E-state index in [1.165, 1.54) is 0 Å². The third kappa shape index (κ3) is 3.02. The van der Waals surface area contributed by atoms with Crippen LogP contribution in [0.2, 0.25) is 0 Å². The standard InChI is InChI=1S/C17H16F3NO4/c1-2-25-17(23)12-15(8-3-5-24-6-4-8)21-10-7-9(18)13(19)14(20)11(10)16(12)22/h7-8H,2-6H2,1H3,(H,21,22). The maximum Gasteiger partial charge on any atom is 0.343 e. The molecule has 0 spiro atoms. The van der Waals surface area contributed by atoms with E-state index in [2.05, 4.69) is 4.98 Å². The lowest BCUT2D eigenvalue weighted by Gasteiger charge is -2.24. The molecule has 0 aliphatic carbocycles. The lowest BCUT2D eigenvalue weighted by atomic mass is 9.91. The first kappa shape index (κ1) is 17.5. The van der Waals surface area contributed by atoms with Gasteiger partial charge >= 0.3 is 5.97 Å². The predicted octanol–water partition coefficient (Wildman–Crippen LogP) is 3.02. The van der Waals surface area contributed by atoms with Gasteiger partial charge in [-0.2, -0.15) is 0 Å². The number of aromatic nitrogens is 1. The van der Waals surface area contributed by atoms with Crippen molar-refractivity contribution in [3.8, 4) is 0 Å². The minimum Gasteiger partial charge on any atom is -0.462 e. The van der Waals surface area contributed by atoms with Gasteiger partial charge in [0, 0.05) is 30.9 Å². The van der Waals surface area contributed by atoms with Gasteiger partial charge in [-0.25, -0.2) is 18.0 Å². The zero-order chi connectivity index (χ0) is 18.1. The van der Waals surface area contributed by atoms with E-state index in [-0.39, 0.29) is 29.3 Å². The second kappa shape index (κ2) is 6.87. The SMILES string of the molecule is CCOC(=O)c1c(C2CCOCC2)[nH]c2cc(F)c(F)c(F)c2c1=O. The highest BCUT2D eigenvalue weighted by molar-refractivity contribution is 5.95. The van der Waals surface area contributed by atoms with Gasteiger partial charge in [0.05, 0.1) is 17.5 Å². The monoisotopic (exact) mass is 355 g/mol. The Morgan fingerprint density at radius 1 is 1.28 bits per heavy atom. The molecule has 1 aliphatic rings.